The molecule has 0 amide bonds. The summed E-state index contributed by atoms with van der Waals surface area (Å²) in [5.41, 5.74) is 4.07. The van der Waals surface area contributed by atoms with Gasteiger partial charge in [-0.3, -0.25) is 0 Å². The van der Waals surface area contributed by atoms with E-state index in [9.17, 15) is 13.2 Å². The van der Waals surface area contributed by atoms with Gasteiger partial charge in [-0.1, -0.05) is 29.3 Å². The first kappa shape index (κ1) is 19.8. The molecule has 4 rings (SSSR count). The number of aryl methyl sites for hydroxylation is 2. The van der Waals surface area contributed by atoms with Gasteiger partial charge >= 0.3 is 6.18 Å². The van der Waals surface area contributed by atoms with Crippen LogP contribution in [0, 0.1) is 13.8 Å². The second-order valence-corrected chi connectivity index (χ2v) is 7.86. The third kappa shape index (κ3) is 3.73. The van der Waals surface area contributed by atoms with Crippen molar-refractivity contribution in [3.05, 3.63) is 63.7 Å². The molecule has 7 heteroatoms. The molecule has 0 bridgehead atoms. The average molecular weight is 420 g/mol. The molecular formula is C22H21ClF3N3. The maximum Gasteiger partial charge on any atom is 0.416 e. The first-order valence-electron chi connectivity index (χ1n) is 9.56. The zero-order valence-corrected chi connectivity index (χ0v) is 17.0. The molecule has 1 aliphatic heterocycles. The van der Waals surface area contributed by atoms with Crippen LogP contribution in [0.5, 0.6) is 0 Å². The van der Waals surface area contributed by atoms with Crippen LogP contribution in [0.15, 0.2) is 36.4 Å². The molecule has 0 fully saturated rings. The van der Waals surface area contributed by atoms with Crippen LogP contribution in [0.4, 0.5) is 19.0 Å². The Kier molecular flexibility index (Phi) is 5.07. The summed E-state index contributed by atoms with van der Waals surface area (Å²) in [4.78, 5) is 0. The summed E-state index contributed by atoms with van der Waals surface area (Å²) in [5.74, 6) is 0.831. The highest BCUT2D eigenvalue weighted by Gasteiger charge is 2.32. The Hall–Kier alpha value is -2.47. The minimum Gasteiger partial charge on any atom is -0.370 e. The van der Waals surface area contributed by atoms with Crippen molar-refractivity contribution in [2.75, 3.05) is 11.9 Å². The van der Waals surface area contributed by atoms with E-state index in [1.54, 1.807) is 4.68 Å². The first-order chi connectivity index (χ1) is 13.8. The topological polar surface area (TPSA) is 29.9 Å². The molecule has 0 saturated heterocycles. The lowest BCUT2D eigenvalue weighted by Crippen LogP contribution is -2.08. The Morgan fingerprint density at radius 3 is 2.59 bits per heavy atom. The van der Waals surface area contributed by atoms with Crippen LogP contribution in [0.2, 0.25) is 5.02 Å². The van der Waals surface area contributed by atoms with Crippen molar-refractivity contribution in [2.45, 2.75) is 39.3 Å². The third-order valence-corrected chi connectivity index (χ3v) is 5.59. The molecule has 0 aliphatic carbocycles. The van der Waals surface area contributed by atoms with E-state index in [1.807, 2.05) is 26.0 Å². The van der Waals surface area contributed by atoms with Gasteiger partial charge in [0.25, 0.3) is 0 Å². The zero-order valence-electron chi connectivity index (χ0n) is 16.2. The molecule has 3 nitrogen and oxygen atoms in total. The van der Waals surface area contributed by atoms with Crippen molar-refractivity contribution < 1.29 is 13.2 Å². The summed E-state index contributed by atoms with van der Waals surface area (Å²) in [7, 11) is 0. The van der Waals surface area contributed by atoms with Crippen LogP contribution >= 0.6 is 11.6 Å². The van der Waals surface area contributed by atoms with Gasteiger partial charge in [0, 0.05) is 17.7 Å². The summed E-state index contributed by atoms with van der Waals surface area (Å²) in [6.45, 7) is 4.82. The Bertz CT molecular complexity index is 1070. The molecule has 0 unspecified atom stereocenters. The maximum atomic E-state index is 13.3. The van der Waals surface area contributed by atoms with Crippen LogP contribution in [0.3, 0.4) is 0 Å². The summed E-state index contributed by atoms with van der Waals surface area (Å²) < 4.78 is 41.7. The molecule has 2 aromatic carbocycles. The zero-order chi connectivity index (χ0) is 20.8. The molecule has 2 heterocycles. The van der Waals surface area contributed by atoms with E-state index in [4.69, 9.17) is 16.7 Å². The number of fused-ring (bicyclic) bond motifs is 1. The van der Waals surface area contributed by atoms with Crippen LogP contribution in [0.1, 0.15) is 35.1 Å². The van der Waals surface area contributed by atoms with Gasteiger partial charge in [0.2, 0.25) is 0 Å². The summed E-state index contributed by atoms with van der Waals surface area (Å²) in [5, 5.41) is 8.43. The second kappa shape index (κ2) is 7.41. The number of hydrogen-bond donors (Lipinski definition) is 1. The number of nitrogens with zero attached hydrogens (tertiary/aromatic N) is 2. The minimum absolute atomic E-state index is 0.260. The van der Waals surface area contributed by atoms with Crippen molar-refractivity contribution >= 4 is 17.4 Å². The fraction of sp³-hybridized carbons (Fsp3) is 0.318. The van der Waals surface area contributed by atoms with Crippen molar-refractivity contribution in [3.63, 3.8) is 0 Å². The van der Waals surface area contributed by atoms with E-state index < -0.39 is 11.7 Å². The highest BCUT2D eigenvalue weighted by atomic mass is 35.5. The second-order valence-electron chi connectivity index (χ2n) is 7.45. The number of aromatic nitrogens is 2. The Morgan fingerprint density at radius 1 is 1.07 bits per heavy atom. The Labute approximate surface area is 172 Å². The van der Waals surface area contributed by atoms with Gasteiger partial charge in [-0.2, -0.15) is 18.3 Å². The van der Waals surface area contributed by atoms with E-state index in [0.717, 1.165) is 66.1 Å². The summed E-state index contributed by atoms with van der Waals surface area (Å²) in [6.07, 6.45) is -1.79. The lowest BCUT2D eigenvalue weighted by atomic mass is 10.0. The maximum absolute atomic E-state index is 13.3. The molecular weight excluding hydrogens is 399 g/mol. The van der Waals surface area contributed by atoms with Crippen molar-refractivity contribution in [2.24, 2.45) is 0 Å². The fourth-order valence-electron chi connectivity index (χ4n) is 3.82. The summed E-state index contributed by atoms with van der Waals surface area (Å²) >= 11 is 6.33. The average Bonchev–Trinajstić information content (AvgIpc) is 2.83. The molecule has 0 radical (unpaired) electrons. The molecule has 0 spiro atoms. The van der Waals surface area contributed by atoms with Crippen LogP contribution in [-0.2, 0) is 12.6 Å². The lowest BCUT2D eigenvalue weighted by Gasteiger charge is -2.12. The van der Waals surface area contributed by atoms with Gasteiger partial charge in [-0.15, -0.1) is 0 Å². The van der Waals surface area contributed by atoms with E-state index >= 15 is 0 Å². The molecule has 1 aliphatic rings. The SMILES string of the molecule is Cc1ccc(-n2nc(-c3cc(C(F)(F)F)ccc3Cl)c3c2NCCCC3)c(C)c1. The molecule has 1 aromatic heterocycles. The monoisotopic (exact) mass is 419 g/mol. The van der Waals surface area contributed by atoms with Crippen molar-refractivity contribution in [1.29, 1.82) is 0 Å². The largest absolute Gasteiger partial charge is 0.416 e. The van der Waals surface area contributed by atoms with Crippen LogP contribution in [0.25, 0.3) is 16.9 Å². The standard InChI is InChI=1S/C22H21ClF3N3/c1-13-6-9-19(14(2)11-13)29-21-16(5-3-4-10-27-21)20(28-29)17-12-15(22(24,25)26)7-8-18(17)23/h6-9,11-12,27H,3-5,10H2,1-2H3. The van der Waals surface area contributed by atoms with Crippen LogP contribution < -0.4 is 5.32 Å². The lowest BCUT2D eigenvalue weighted by molar-refractivity contribution is -0.137. The number of rotatable bonds is 2. The number of anilines is 1. The number of hydrogen-bond acceptors (Lipinski definition) is 2. The van der Waals surface area contributed by atoms with E-state index in [-0.39, 0.29) is 5.02 Å². The predicted octanol–water partition coefficient (Wildman–Crippen LogP) is 6.58. The third-order valence-electron chi connectivity index (χ3n) is 5.26. The normalized spacial score (nSPS) is 14.3. The van der Waals surface area contributed by atoms with E-state index in [0.29, 0.717) is 11.3 Å². The molecule has 1 N–H and O–H groups in total. The smallest absolute Gasteiger partial charge is 0.370 e. The van der Waals surface area contributed by atoms with Crippen LogP contribution in [-0.4, -0.2) is 16.3 Å². The molecule has 29 heavy (non-hydrogen) atoms. The highest BCUT2D eigenvalue weighted by Crippen LogP contribution is 2.40. The van der Waals surface area contributed by atoms with Gasteiger partial charge in [-0.05, 0) is 62.9 Å². The molecule has 0 atom stereocenters. The highest BCUT2D eigenvalue weighted by molar-refractivity contribution is 6.33. The van der Waals surface area contributed by atoms with E-state index in [1.165, 1.54) is 6.07 Å². The fourth-order valence-corrected chi connectivity index (χ4v) is 4.03. The van der Waals surface area contributed by atoms with Gasteiger partial charge in [0.05, 0.1) is 22.0 Å². The molecule has 3 aromatic rings. The minimum atomic E-state index is -4.44. The number of alkyl halides is 3. The van der Waals surface area contributed by atoms with Gasteiger partial charge in [0.15, 0.2) is 0 Å². The Balaban J connectivity index is 1.95. The first-order valence-corrected chi connectivity index (χ1v) is 9.94. The Morgan fingerprint density at radius 2 is 1.86 bits per heavy atom. The summed E-state index contributed by atoms with van der Waals surface area (Å²) in [6, 6.07) is 9.46. The van der Waals surface area contributed by atoms with Crippen molar-refractivity contribution in [3.8, 4) is 16.9 Å². The number of benzene rings is 2. The molecule has 0 saturated carbocycles. The quantitative estimate of drug-likeness (QED) is 0.508. The van der Waals surface area contributed by atoms with Crippen molar-refractivity contribution in [1.82, 2.24) is 9.78 Å². The molecule has 152 valence electrons. The van der Waals surface area contributed by atoms with E-state index in [2.05, 4.69) is 11.4 Å². The van der Waals surface area contributed by atoms with Gasteiger partial charge in [0.1, 0.15) is 5.82 Å². The van der Waals surface area contributed by atoms with Gasteiger partial charge < -0.3 is 5.32 Å². The van der Waals surface area contributed by atoms with Gasteiger partial charge in [-0.25, -0.2) is 4.68 Å². The number of halogens is 4. The predicted molar refractivity (Wildman–Crippen MR) is 110 cm³/mol. The number of nitrogens with one attached hydrogen (secondary N) is 1.